The SMILES string of the molecule is CCCN(C)C=Nc1cc(C)c(Oc2ccc(Cl)c(I)c2)cc1C. The van der Waals surface area contributed by atoms with Crippen molar-refractivity contribution in [1.82, 2.24) is 4.90 Å². The lowest BCUT2D eigenvalue weighted by atomic mass is 10.1. The standard InChI is InChI=1S/C19H22ClIN2O/c1-5-8-23(4)12-22-18-9-14(3)19(10-13(18)2)24-15-6-7-16(20)17(21)11-15/h6-7,9-12H,5,8H2,1-4H3. The van der Waals surface area contributed by atoms with E-state index >= 15 is 0 Å². The summed E-state index contributed by atoms with van der Waals surface area (Å²) >= 11 is 8.26. The Bertz CT molecular complexity index is 746. The number of aliphatic imine (C=N–C) groups is 1. The molecule has 0 heterocycles. The molecule has 0 aromatic heterocycles. The molecule has 0 aliphatic heterocycles. The molecule has 0 spiro atoms. The molecule has 2 rings (SSSR count). The zero-order valence-electron chi connectivity index (χ0n) is 14.4. The maximum atomic E-state index is 6.06. The smallest absolute Gasteiger partial charge is 0.130 e. The summed E-state index contributed by atoms with van der Waals surface area (Å²) in [5.74, 6) is 1.62. The fraction of sp³-hybridized carbons (Fsp3) is 0.316. The minimum Gasteiger partial charge on any atom is -0.457 e. The van der Waals surface area contributed by atoms with E-state index in [2.05, 4.69) is 45.5 Å². The van der Waals surface area contributed by atoms with Crippen molar-refractivity contribution in [2.45, 2.75) is 27.2 Å². The highest BCUT2D eigenvalue weighted by molar-refractivity contribution is 14.1. The van der Waals surface area contributed by atoms with Crippen molar-refractivity contribution in [2.24, 2.45) is 4.99 Å². The van der Waals surface area contributed by atoms with Crippen LogP contribution in [-0.2, 0) is 0 Å². The van der Waals surface area contributed by atoms with Crippen LogP contribution in [0.15, 0.2) is 35.3 Å². The molecule has 0 fully saturated rings. The quantitative estimate of drug-likeness (QED) is 0.287. The molecule has 0 aliphatic carbocycles. The Morgan fingerprint density at radius 3 is 2.62 bits per heavy atom. The Hall–Kier alpha value is -1.27. The van der Waals surface area contributed by atoms with E-state index in [1.54, 1.807) is 0 Å². The molecule has 128 valence electrons. The molecule has 0 aliphatic rings. The van der Waals surface area contributed by atoms with E-state index < -0.39 is 0 Å². The van der Waals surface area contributed by atoms with Gasteiger partial charge in [0.2, 0.25) is 0 Å². The van der Waals surface area contributed by atoms with Crippen LogP contribution in [0.3, 0.4) is 0 Å². The normalized spacial score (nSPS) is 11.1. The van der Waals surface area contributed by atoms with Crippen LogP contribution in [0.2, 0.25) is 5.02 Å². The summed E-state index contributed by atoms with van der Waals surface area (Å²) < 4.78 is 6.99. The highest BCUT2D eigenvalue weighted by Gasteiger charge is 2.07. The average Bonchev–Trinajstić information content (AvgIpc) is 2.53. The topological polar surface area (TPSA) is 24.8 Å². The Labute approximate surface area is 162 Å². The monoisotopic (exact) mass is 456 g/mol. The van der Waals surface area contributed by atoms with Crippen molar-refractivity contribution >= 4 is 46.2 Å². The van der Waals surface area contributed by atoms with Crippen LogP contribution in [-0.4, -0.2) is 24.8 Å². The summed E-state index contributed by atoms with van der Waals surface area (Å²) in [7, 11) is 2.04. The molecule has 3 nitrogen and oxygen atoms in total. The molecule has 0 bridgehead atoms. The van der Waals surface area contributed by atoms with E-state index in [0.717, 1.165) is 49.9 Å². The first-order chi connectivity index (χ1) is 11.4. The number of hydrogen-bond acceptors (Lipinski definition) is 2. The van der Waals surface area contributed by atoms with Crippen molar-refractivity contribution in [3.05, 3.63) is 50.1 Å². The van der Waals surface area contributed by atoms with Gasteiger partial charge in [0.1, 0.15) is 11.5 Å². The molecule has 5 heteroatoms. The molecule has 0 saturated heterocycles. The summed E-state index contributed by atoms with van der Waals surface area (Å²) in [4.78, 5) is 6.68. The van der Waals surface area contributed by atoms with Crippen LogP contribution >= 0.6 is 34.2 Å². The molecule has 0 amide bonds. The summed E-state index contributed by atoms with van der Waals surface area (Å²) in [5.41, 5.74) is 3.10. The number of halogens is 2. The van der Waals surface area contributed by atoms with Crippen LogP contribution in [0, 0.1) is 17.4 Å². The molecule has 2 aromatic carbocycles. The second-order valence-electron chi connectivity index (χ2n) is 5.81. The third-order valence-electron chi connectivity index (χ3n) is 3.58. The molecule has 0 saturated carbocycles. The minimum atomic E-state index is 0.733. The van der Waals surface area contributed by atoms with Gasteiger partial charge in [0.15, 0.2) is 0 Å². The van der Waals surface area contributed by atoms with Crippen molar-refractivity contribution in [3.63, 3.8) is 0 Å². The fourth-order valence-corrected chi connectivity index (χ4v) is 2.87. The summed E-state index contributed by atoms with van der Waals surface area (Å²) in [6, 6.07) is 9.75. The van der Waals surface area contributed by atoms with Gasteiger partial charge < -0.3 is 9.64 Å². The Morgan fingerprint density at radius 2 is 1.96 bits per heavy atom. The summed E-state index contributed by atoms with van der Waals surface area (Å²) in [6.07, 6.45) is 2.99. The molecular weight excluding hydrogens is 435 g/mol. The van der Waals surface area contributed by atoms with Crippen molar-refractivity contribution in [1.29, 1.82) is 0 Å². The van der Waals surface area contributed by atoms with E-state index in [-0.39, 0.29) is 0 Å². The largest absolute Gasteiger partial charge is 0.457 e. The van der Waals surface area contributed by atoms with Gasteiger partial charge in [-0.15, -0.1) is 0 Å². The first kappa shape index (κ1) is 19.1. The van der Waals surface area contributed by atoms with Gasteiger partial charge in [0.05, 0.1) is 17.0 Å². The van der Waals surface area contributed by atoms with Crippen molar-refractivity contribution in [3.8, 4) is 11.5 Å². The van der Waals surface area contributed by atoms with Crippen molar-refractivity contribution in [2.75, 3.05) is 13.6 Å². The molecule has 0 radical (unpaired) electrons. The van der Waals surface area contributed by atoms with E-state index in [1.807, 2.05) is 51.5 Å². The molecule has 2 aromatic rings. The van der Waals surface area contributed by atoms with Crippen LogP contribution in [0.5, 0.6) is 11.5 Å². The second kappa shape index (κ2) is 8.72. The van der Waals surface area contributed by atoms with Gasteiger partial charge in [-0.3, -0.25) is 0 Å². The molecular formula is C19H22ClIN2O. The fourth-order valence-electron chi connectivity index (χ4n) is 2.26. The maximum absolute atomic E-state index is 6.06. The van der Waals surface area contributed by atoms with Crippen LogP contribution in [0.4, 0.5) is 5.69 Å². The van der Waals surface area contributed by atoms with Crippen LogP contribution in [0.1, 0.15) is 24.5 Å². The third-order valence-corrected chi connectivity index (χ3v) is 5.12. The van der Waals surface area contributed by atoms with E-state index in [0.29, 0.717) is 0 Å². The van der Waals surface area contributed by atoms with Gasteiger partial charge in [-0.1, -0.05) is 18.5 Å². The van der Waals surface area contributed by atoms with E-state index in [1.165, 1.54) is 0 Å². The van der Waals surface area contributed by atoms with Gasteiger partial charge in [-0.25, -0.2) is 4.99 Å². The zero-order chi connectivity index (χ0) is 17.7. The maximum Gasteiger partial charge on any atom is 0.130 e. The lowest BCUT2D eigenvalue weighted by molar-refractivity contribution is 0.478. The predicted molar refractivity (Wildman–Crippen MR) is 111 cm³/mol. The van der Waals surface area contributed by atoms with Crippen molar-refractivity contribution < 1.29 is 4.74 Å². The van der Waals surface area contributed by atoms with E-state index in [9.17, 15) is 0 Å². The van der Waals surface area contributed by atoms with Gasteiger partial charge in [-0.2, -0.15) is 0 Å². The van der Waals surface area contributed by atoms with Crippen LogP contribution in [0.25, 0.3) is 0 Å². The Kier molecular flexibility index (Phi) is 6.92. The zero-order valence-corrected chi connectivity index (χ0v) is 17.4. The van der Waals surface area contributed by atoms with Gasteiger partial charge in [-0.05, 0) is 84.3 Å². The van der Waals surface area contributed by atoms with Gasteiger partial charge >= 0.3 is 0 Å². The third kappa shape index (κ3) is 5.11. The van der Waals surface area contributed by atoms with Gasteiger partial charge in [0.25, 0.3) is 0 Å². The highest BCUT2D eigenvalue weighted by Crippen LogP contribution is 2.33. The number of benzene rings is 2. The predicted octanol–water partition coefficient (Wildman–Crippen LogP) is 6.36. The number of ether oxygens (including phenoxy) is 1. The average molecular weight is 457 g/mol. The minimum absolute atomic E-state index is 0.733. The highest BCUT2D eigenvalue weighted by atomic mass is 127. The Balaban J connectivity index is 2.21. The number of hydrogen-bond donors (Lipinski definition) is 0. The first-order valence-corrected chi connectivity index (χ1v) is 9.35. The van der Waals surface area contributed by atoms with Gasteiger partial charge in [0, 0.05) is 17.2 Å². The summed E-state index contributed by atoms with van der Waals surface area (Å²) in [6.45, 7) is 7.23. The molecule has 0 atom stereocenters. The Morgan fingerprint density at radius 1 is 1.21 bits per heavy atom. The van der Waals surface area contributed by atoms with E-state index in [4.69, 9.17) is 16.3 Å². The number of aryl methyl sites for hydroxylation is 2. The molecule has 0 unspecified atom stereocenters. The first-order valence-electron chi connectivity index (χ1n) is 7.89. The summed E-state index contributed by atoms with van der Waals surface area (Å²) in [5, 5.41) is 0.733. The molecule has 0 N–H and O–H groups in total. The van der Waals surface area contributed by atoms with Crippen LogP contribution < -0.4 is 4.74 Å². The number of rotatable bonds is 6. The second-order valence-corrected chi connectivity index (χ2v) is 7.38. The number of nitrogens with zero attached hydrogens (tertiary/aromatic N) is 2. The lowest BCUT2D eigenvalue weighted by Crippen LogP contribution is -2.16. The molecule has 24 heavy (non-hydrogen) atoms. The lowest BCUT2D eigenvalue weighted by Gasteiger charge is -2.13.